The Balaban J connectivity index is 1.94. The molecular formula is C21H32N2O6. The number of ether oxygens (including phenoxy) is 4. The highest BCUT2D eigenvalue weighted by Gasteiger charge is 2.64. The number of hydrogen-bond donors (Lipinski definition) is 0. The summed E-state index contributed by atoms with van der Waals surface area (Å²) < 4.78 is 25.2. The fraction of sp³-hybridized carbons (Fsp3) is 0.762. The Bertz CT molecular complexity index is 779. The van der Waals surface area contributed by atoms with Gasteiger partial charge in [-0.05, 0) is 26.2 Å². The first kappa shape index (κ1) is 21.8. The lowest BCUT2D eigenvalue weighted by Gasteiger charge is -2.33. The Kier molecular flexibility index (Phi) is 6.95. The van der Waals surface area contributed by atoms with E-state index in [0.29, 0.717) is 25.2 Å². The van der Waals surface area contributed by atoms with Crippen LogP contribution < -0.4 is 10.3 Å². The molecule has 1 aliphatic heterocycles. The number of aromatic nitrogens is 2. The van der Waals surface area contributed by atoms with E-state index >= 15 is 0 Å². The molecule has 4 atom stereocenters. The molecule has 3 rings (SSSR count). The van der Waals surface area contributed by atoms with Crippen LogP contribution in [0.15, 0.2) is 11.0 Å². The van der Waals surface area contributed by atoms with Crippen molar-refractivity contribution in [2.24, 2.45) is 5.41 Å². The molecule has 0 aromatic carbocycles. The maximum atomic E-state index is 13.0. The van der Waals surface area contributed by atoms with E-state index in [1.54, 1.807) is 13.1 Å². The summed E-state index contributed by atoms with van der Waals surface area (Å²) in [6.07, 6.45) is 5.05. The molecule has 0 bridgehead atoms. The minimum Gasteiger partial charge on any atom is -0.468 e. The molecular weight excluding hydrogens is 376 g/mol. The van der Waals surface area contributed by atoms with Crippen molar-refractivity contribution in [3.8, 4) is 6.01 Å². The highest BCUT2D eigenvalue weighted by Crippen LogP contribution is 2.52. The van der Waals surface area contributed by atoms with E-state index in [-0.39, 0.29) is 30.2 Å². The molecule has 1 aliphatic carbocycles. The van der Waals surface area contributed by atoms with Crippen LogP contribution in [0.1, 0.15) is 57.6 Å². The Labute approximate surface area is 171 Å². The third-order valence-corrected chi connectivity index (χ3v) is 5.87. The summed E-state index contributed by atoms with van der Waals surface area (Å²) in [5.74, 6) is -0.347. The van der Waals surface area contributed by atoms with Crippen molar-refractivity contribution in [1.29, 1.82) is 0 Å². The van der Waals surface area contributed by atoms with Crippen LogP contribution in [0.25, 0.3) is 0 Å². The van der Waals surface area contributed by atoms with Gasteiger partial charge in [0.2, 0.25) is 0 Å². The summed E-state index contributed by atoms with van der Waals surface area (Å²) in [4.78, 5) is 29.0. The first-order valence-corrected chi connectivity index (χ1v) is 10.5. The second kappa shape index (κ2) is 9.26. The molecule has 8 nitrogen and oxygen atoms in total. The smallest absolute Gasteiger partial charge is 0.317 e. The molecule has 1 aromatic rings. The molecule has 2 heterocycles. The van der Waals surface area contributed by atoms with Gasteiger partial charge < -0.3 is 18.9 Å². The molecule has 0 N–H and O–H groups in total. The summed E-state index contributed by atoms with van der Waals surface area (Å²) in [7, 11) is 1.39. The van der Waals surface area contributed by atoms with Gasteiger partial charge in [0.15, 0.2) is 6.10 Å². The monoisotopic (exact) mass is 408 g/mol. The van der Waals surface area contributed by atoms with Gasteiger partial charge in [0.05, 0.1) is 19.8 Å². The number of rotatable bonds is 10. The van der Waals surface area contributed by atoms with E-state index in [0.717, 1.165) is 25.7 Å². The summed E-state index contributed by atoms with van der Waals surface area (Å²) >= 11 is 0. The van der Waals surface area contributed by atoms with Gasteiger partial charge in [-0.2, -0.15) is 4.98 Å². The van der Waals surface area contributed by atoms with Crippen molar-refractivity contribution < 1.29 is 23.7 Å². The van der Waals surface area contributed by atoms with Gasteiger partial charge in [-0.3, -0.25) is 14.2 Å². The number of esters is 1. The van der Waals surface area contributed by atoms with E-state index < -0.39 is 17.6 Å². The van der Waals surface area contributed by atoms with Crippen LogP contribution in [0.2, 0.25) is 0 Å². The number of hydrogen-bond acceptors (Lipinski definition) is 7. The van der Waals surface area contributed by atoms with Crippen molar-refractivity contribution in [3.63, 3.8) is 0 Å². The predicted octanol–water partition coefficient (Wildman–Crippen LogP) is 2.42. The Morgan fingerprint density at radius 2 is 2.03 bits per heavy atom. The summed E-state index contributed by atoms with van der Waals surface area (Å²) in [5.41, 5.74) is -0.724. The van der Waals surface area contributed by atoms with Crippen LogP contribution in [0, 0.1) is 12.3 Å². The van der Waals surface area contributed by atoms with E-state index in [9.17, 15) is 9.59 Å². The average Bonchev–Trinajstić information content (AvgIpc) is 3.19. The highest BCUT2D eigenvalue weighted by molar-refractivity contribution is 5.78. The number of carbonyl (C=O) groups is 1. The van der Waals surface area contributed by atoms with E-state index in [1.807, 2.05) is 4.57 Å². The standard InChI is InChI=1S/C21H32N2O6/c1-5-7-9-27-13-21(19(25)26-4)11-15-16(17(21)28-10-8-6-2)29-20-22-18(24)14(3)12-23(15)20/h12,15-17H,5-11,13H2,1-4H3/t15-,16-,17+,21+/m1/s1. The lowest BCUT2D eigenvalue weighted by molar-refractivity contribution is -0.172. The third-order valence-electron chi connectivity index (χ3n) is 5.87. The van der Waals surface area contributed by atoms with Crippen LogP contribution in [0.4, 0.5) is 0 Å². The highest BCUT2D eigenvalue weighted by atomic mass is 16.6. The van der Waals surface area contributed by atoms with Crippen LogP contribution in [-0.4, -0.2) is 54.7 Å². The maximum absolute atomic E-state index is 13.0. The number of fused-ring (bicyclic) bond motifs is 3. The number of carbonyl (C=O) groups excluding carboxylic acids is 1. The number of methoxy groups -OCH3 is 1. The minimum absolute atomic E-state index is 0.169. The quantitative estimate of drug-likeness (QED) is 0.434. The SMILES string of the molecule is CCCCOC[C@@]1(C(=O)OC)C[C@@H]2[C@@H](Oc3nc(=O)c(C)cn32)[C@@H]1OCCCC. The van der Waals surface area contributed by atoms with Gasteiger partial charge in [0.25, 0.3) is 5.56 Å². The van der Waals surface area contributed by atoms with Crippen molar-refractivity contribution in [2.45, 2.75) is 71.1 Å². The van der Waals surface area contributed by atoms with Gasteiger partial charge in [0.1, 0.15) is 11.5 Å². The largest absolute Gasteiger partial charge is 0.468 e. The average molecular weight is 408 g/mol. The lowest BCUT2D eigenvalue weighted by atomic mass is 9.84. The zero-order valence-corrected chi connectivity index (χ0v) is 17.8. The molecule has 0 unspecified atom stereocenters. The van der Waals surface area contributed by atoms with Gasteiger partial charge >= 0.3 is 12.0 Å². The van der Waals surface area contributed by atoms with E-state index in [1.165, 1.54) is 7.11 Å². The molecule has 1 saturated carbocycles. The topological polar surface area (TPSA) is 88.9 Å². The Hall–Kier alpha value is -1.93. The van der Waals surface area contributed by atoms with Gasteiger partial charge in [-0.25, -0.2) is 0 Å². The fourth-order valence-corrected chi connectivity index (χ4v) is 4.23. The predicted molar refractivity (Wildman–Crippen MR) is 106 cm³/mol. The summed E-state index contributed by atoms with van der Waals surface area (Å²) in [6.45, 7) is 7.22. The third kappa shape index (κ3) is 4.05. The summed E-state index contributed by atoms with van der Waals surface area (Å²) in [5, 5.41) is 0. The molecule has 1 aromatic heterocycles. The normalized spacial score (nSPS) is 27.4. The number of nitrogens with zero attached hydrogens (tertiary/aromatic N) is 2. The minimum atomic E-state index is -0.958. The zero-order valence-electron chi connectivity index (χ0n) is 17.8. The lowest BCUT2D eigenvalue weighted by Crippen LogP contribution is -2.49. The van der Waals surface area contributed by atoms with Crippen molar-refractivity contribution in [1.82, 2.24) is 9.55 Å². The molecule has 0 radical (unpaired) electrons. The molecule has 8 heteroatoms. The van der Waals surface area contributed by atoms with Crippen LogP contribution in [-0.2, 0) is 19.0 Å². The summed E-state index contributed by atoms with van der Waals surface area (Å²) in [6, 6.07) is 0.113. The first-order valence-electron chi connectivity index (χ1n) is 10.5. The van der Waals surface area contributed by atoms with E-state index in [4.69, 9.17) is 18.9 Å². The maximum Gasteiger partial charge on any atom is 0.317 e. The van der Waals surface area contributed by atoms with Gasteiger partial charge in [0, 0.05) is 25.0 Å². The second-order valence-corrected chi connectivity index (χ2v) is 7.97. The number of unbranched alkanes of at least 4 members (excludes halogenated alkanes) is 2. The van der Waals surface area contributed by atoms with Crippen LogP contribution >= 0.6 is 0 Å². The molecule has 0 saturated heterocycles. The molecule has 2 aliphatic rings. The molecule has 0 spiro atoms. The van der Waals surface area contributed by atoms with Crippen LogP contribution in [0.3, 0.4) is 0 Å². The van der Waals surface area contributed by atoms with E-state index in [2.05, 4.69) is 18.8 Å². The van der Waals surface area contributed by atoms with Gasteiger partial charge in [-0.15, -0.1) is 0 Å². The Morgan fingerprint density at radius 3 is 2.72 bits per heavy atom. The first-order chi connectivity index (χ1) is 14.0. The zero-order chi connectivity index (χ0) is 21.0. The molecule has 29 heavy (non-hydrogen) atoms. The fourth-order valence-electron chi connectivity index (χ4n) is 4.23. The van der Waals surface area contributed by atoms with Crippen molar-refractivity contribution in [3.05, 3.63) is 22.1 Å². The number of aryl methyl sites for hydroxylation is 1. The van der Waals surface area contributed by atoms with Crippen molar-refractivity contribution in [2.75, 3.05) is 26.9 Å². The molecule has 162 valence electrons. The molecule has 0 amide bonds. The second-order valence-electron chi connectivity index (χ2n) is 7.97. The van der Waals surface area contributed by atoms with Gasteiger partial charge in [-0.1, -0.05) is 26.7 Å². The van der Waals surface area contributed by atoms with Crippen molar-refractivity contribution >= 4 is 5.97 Å². The van der Waals surface area contributed by atoms with Crippen LogP contribution in [0.5, 0.6) is 6.01 Å². The Morgan fingerprint density at radius 1 is 1.31 bits per heavy atom. The molecule has 1 fully saturated rings.